The normalized spacial score (nSPS) is 13.1. The van der Waals surface area contributed by atoms with Gasteiger partial charge in [0.1, 0.15) is 17.8 Å². The molecule has 0 aliphatic carbocycles. The van der Waals surface area contributed by atoms with Crippen molar-refractivity contribution in [2.75, 3.05) is 18.7 Å². The molecule has 9 nitrogen and oxygen atoms in total. The minimum atomic E-state index is -1.02. The Labute approximate surface area is 235 Å². The fourth-order valence-electron chi connectivity index (χ4n) is 3.78. The van der Waals surface area contributed by atoms with Gasteiger partial charge in [-0.3, -0.25) is 4.79 Å². The zero-order chi connectivity index (χ0) is 27.8. The minimum Gasteiger partial charge on any atom is -0.508 e. The third kappa shape index (κ3) is 7.57. The number of anilines is 1. The summed E-state index contributed by atoms with van der Waals surface area (Å²) in [7, 11) is 0. The average molecular weight is 573 g/mol. The highest BCUT2D eigenvalue weighted by Gasteiger charge is 2.21. The molecule has 0 radical (unpaired) electrons. The summed E-state index contributed by atoms with van der Waals surface area (Å²) < 4.78 is 21.4. The summed E-state index contributed by atoms with van der Waals surface area (Å²) in [5.41, 5.74) is 1.87. The van der Waals surface area contributed by atoms with Gasteiger partial charge in [-0.05, 0) is 49.2 Å². The monoisotopic (exact) mass is 572 g/mol. The van der Waals surface area contributed by atoms with Crippen LogP contribution in [-0.2, 0) is 36.8 Å². The third-order valence-corrected chi connectivity index (χ3v) is 6.21. The highest BCUT2D eigenvalue weighted by Crippen LogP contribution is 2.39. The molecule has 1 unspecified atom stereocenters. The molecular formula is C28H26Cl2N2O7. The van der Waals surface area contributed by atoms with Crippen LogP contribution in [0.5, 0.6) is 17.2 Å². The fraction of sp³-hybridized carbons (Fsp3) is 0.214. The minimum absolute atomic E-state index is 0.0679. The van der Waals surface area contributed by atoms with E-state index in [0.29, 0.717) is 30.0 Å². The molecule has 0 aromatic heterocycles. The van der Waals surface area contributed by atoms with Crippen molar-refractivity contribution in [2.24, 2.45) is 0 Å². The molecule has 1 heterocycles. The number of rotatable bonds is 10. The molecule has 0 saturated heterocycles. The van der Waals surface area contributed by atoms with Gasteiger partial charge in [-0.15, -0.1) is 0 Å². The van der Waals surface area contributed by atoms with Crippen molar-refractivity contribution < 1.29 is 33.6 Å². The Morgan fingerprint density at radius 2 is 1.82 bits per heavy atom. The highest BCUT2D eigenvalue weighted by atomic mass is 35.5. The predicted molar refractivity (Wildman–Crippen MR) is 146 cm³/mol. The van der Waals surface area contributed by atoms with Gasteiger partial charge in [0.05, 0.1) is 22.7 Å². The zero-order valence-corrected chi connectivity index (χ0v) is 22.4. The molecule has 3 aromatic carbocycles. The maximum Gasteiger partial charge on any atom is 0.397 e. The zero-order valence-electron chi connectivity index (χ0n) is 20.9. The molecule has 3 N–H and O–H groups in total. The highest BCUT2D eigenvalue weighted by molar-refractivity contribution is 6.39. The number of benzene rings is 3. The first-order valence-corrected chi connectivity index (χ1v) is 12.8. The van der Waals surface area contributed by atoms with E-state index in [0.717, 1.165) is 5.56 Å². The number of nitrogens with one attached hydrogen (secondary N) is 2. The summed E-state index contributed by atoms with van der Waals surface area (Å²) in [5.74, 6) is -0.731. The molecule has 39 heavy (non-hydrogen) atoms. The van der Waals surface area contributed by atoms with Crippen LogP contribution in [-0.4, -0.2) is 36.4 Å². The van der Waals surface area contributed by atoms with Crippen LogP contribution in [0.1, 0.15) is 18.1 Å². The van der Waals surface area contributed by atoms with E-state index in [1.54, 1.807) is 25.3 Å². The van der Waals surface area contributed by atoms with Gasteiger partial charge in [0.25, 0.3) is 0 Å². The van der Waals surface area contributed by atoms with Crippen molar-refractivity contribution in [3.05, 3.63) is 93.9 Å². The van der Waals surface area contributed by atoms with Crippen LogP contribution in [0.25, 0.3) is 0 Å². The summed E-state index contributed by atoms with van der Waals surface area (Å²) in [6, 6.07) is 17.3. The molecule has 1 aliphatic heterocycles. The van der Waals surface area contributed by atoms with Crippen molar-refractivity contribution in [3.63, 3.8) is 0 Å². The Morgan fingerprint density at radius 1 is 1.08 bits per heavy atom. The van der Waals surface area contributed by atoms with Crippen LogP contribution in [0.3, 0.4) is 0 Å². The number of hydrogen-bond acceptors (Lipinski definition) is 8. The van der Waals surface area contributed by atoms with Gasteiger partial charge in [0.15, 0.2) is 11.5 Å². The molecule has 3 aromatic rings. The second-order valence-corrected chi connectivity index (χ2v) is 9.22. The van der Waals surface area contributed by atoms with Crippen LogP contribution < -0.4 is 15.4 Å². The van der Waals surface area contributed by atoms with Gasteiger partial charge in [0, 0.05) is 17.8 Å². The number of aromatic hydroxyl groups is 1. The van der Waals surface area contributed by atoms with E-state index in [-0.39, 0.29) is 46.7 Å². The number of phenols is 1. The van der Waals surface area contributed by atoms with Crippen LogP contribution >= 0.6 is 23.2 Å². The van der Waals surface area contributed by atoms with Crippen molar-refractivity contribution >= 4 is 40.8 Å². The second-order valence-electron chi connectivity index (χ2n) is 8.41. The van der Waals surface area contributed by atoms with E-state index in [1.165, 1.54) is 18.2 Å². The number of amides is 1. The molecule has 1 atom stereocenters. The summed E-state index contributed by atoms with van der Waals surface area (Å²) in [6.07, 6.45) is 2.24. The van der Waals surface area contributed by atoms with Gasteiger partial charge in [-0.1, -0.05) is 53.5 Å². The Morgan fingerprint density at radius 3 is 2.49 bits per heavy atom. The lowest BCUT2D eigenvalue weighted by Gasteiger charge is -2.19. The average Bonchev–Trinajstić information content (AvgIpc) is 3.46. The van der Waals surface area contributed by atoms with E-state index >= 15 is 0 Å². The summed E-state index contributed by atoms with van der Waals surface area (Å²) >= 11 is 12.7. The van der Waals surface area contributed by atoms with Gasteiger partial charge < -0.3 is 34.7 Å². The molecule has 1 aliphatic rings. The summed E-state index contributed by atoms with van der Waals surface area (Å²) in [6.45, 7) is 2.11. The Hall–Kier alpha value is -3.92. The van der Waals surface area contributed by atoms with E-state index in [1.807, 2.05) is 30.3 Å². The lowest BCUT2D eigenvalue weighted by atomic mass is 10.0. The Balaban J connectivity index is 1.46. The molecule has 0 spiro atoms. The standard InChI is InChI=1S/C28H26Cl2N2O7/c1-2-37-28(35)27(34)32-19-12-21(29)26(22(30)13-19)39-20-8-9-24(33)18(11-20)14-31-23(25-15-36-16-38-25)10-17-6-4-3-5-7-17/h3-9,11-13,15,23,31,33H,2,10,14,16H2,1H3,(H,32,34). The number of carbonyl (C=O) groups is 2. The maximum atomic E-state index is 11.9. The molecule has 1 amide bonds. The Kier molecular flexibility index (Phi) is 9.54. The van der Waals surface area contributed by atoms with Gasteiger partial charge in [-0.25, -0.2) is 4.79 Å². The largest absolute Gasteiger partial charge is 0.508 e. The van der Waals surface area contributed by atoms with Crippen molar-refractivity contribution in [2.45, 2.75) is 25.9 Å². The molecule has 0 bridgehead atoms. The molecular weight excluding hydrogens is 547 g/mol. The SMILES string of the molecule is CCOC(=O)C(=O)Nc1cc(Cl)c(Oc2ccc(O)c(CNC(Cc3ccccc3)C3=COCO3)c2)c(Cl)c1. The van der Waals surface area contributed by atoms with Crippen LogP contribution in [0.4, 0.5) is 5.69 Å². The van der Waals surface area contributed by atoms with E-state index in [9.17, 15) is 14.7 Å². The Bertz CT molecular complexity index is 1340. The first kappa shape index (κ1) is 28.1. The lowest BCUT2D eigenvalue weighted by molar-refractivity contribution is -0.152. The van der Waals surface area contributed by atoms with E-state index < -0.39 is 11.9 Å². The van der Waals surface area contributed by atoms with Crippen molar-refractivity contribution in [3.8, 4) is 17.2 Å². The van der Waals surface area contributed by atoms with Gasteiger partial charge in [0.2, 0.25) is 6.79 Å². The van der Waals surface area contributed by atoms with E-state index in [4.69, 9.17) is 37.4 Å². The van der Waals surface area contributed by atoms with Crippen LogP contribution in [0.2, 0.25) is 10.0 Å². The van der Waals surface area contributed by atoms with Crippen molar-refractivity contribution in [1.29, 1.82) is 0 Å². The first-order valence-electron chi connectivity index (χ1n) is 12.0. The predicted octanol–water partition coefficient (Wildman–Crippen LogP) is 5.54. The van der Waals surface area contributed by atoms with Crippen molar-refractivity contribution in [1.82, 2.24) is 5.32 Å². The molecule has 204 valence electrons. The lowest BCUT2D eigenvalue weighted by Crippen LogP contribution is -2.33. The molecule has 11 heteroatoms. The second kappa shape index (κ2) is 13.2. The smallest absolute Gasteiger partial charge is 0.397 e. The maximum absolute atomic E-state index is 11.9. The van der Waals surface area contributed by atoms with Gasteiger partial charge >= 0.3 is 11.9 Å². The van der Waals surface area contributed by atoms with Gasteiger partial charge in [-0.2, -0.15) is 0 Å². The van der Waals surface area contributed by atoms with Crippen LogP contribution in [0, 0.1) is 0 Å². The fourth-order valence-corrected chi connectivity index (χ4v) is 4.35. The van der Waals surface area contributed by atoms with E-state index in [2.05, 4.69) is 15.4 Å². The number of ether oxygens (including phenoxy) is 4. The summed E-state index contributed by atoms with van der Waals surface area (Å²) in [4.78, 5) is 23.5. The van der Waals surface area contributed by atoms with Crippen LogP contribution in [0.15, 0.2) is 72.7 Å². The number of hydrogen-bond donors (Lipinski definition) is 3. The third-order valence-electron chi connectivity index (χ3n) is 5.65. The first-order chi connectivity index (χ1) is 18.8. The summed E-state index contributed by atoms with van der Waals surface area (Å²) in [5, 5.41) is 16.5. The molecule has 0 fully saturated rings. The number of phenolic OH excluding ortho intramolecular Hbond substituents is 1. The molecule has 0 saturated carbocycles. The number of esters is 1. The number of halogens is 2. The topological polar surface area (TPSA) is 115 Å². The number of carbonyl (C=O) groups excluding carboxylic acids is 2. The molecule has 4 rings (SSSR count). The quantitative estimate of drug-likeness (QED) is 0.214.